The quantitative estimate of drug-likeness (QED) is 0.888. The fourth-order valence-corrected chi connectivity index (χ4v) is 2.17. The second-order valence-corrected chi connectivity index (χ2v) is 5.10. The normalized spacial score (nSPS) is 10.4. The molecular weight excluding hydrogens is 325 g/mol. The van der Waals surface area contributed by atoms with Crippen molar-refractivity contribution in [2.24, 2.45) is 0 Å². The van der Waals surface area contributed by atoms with E-state index in [1.165, 1.54) is 12.4 Å². The maximum Gasteiger partial charge on any atom is 0.227 e. The summed E-state index contributed by atoms with van der Waals surface area (Å²) in [5.74, 6) is 0.785. The van der Waals surface area contributed by atoms with Gasteiger partial charge >= 0.3 is 0 Å². The van der Waals surface area contributed by atoms with Crippen molar-refractivity contribution in [1.29, 1.82) is 0 Å². The van der Waals surface area contributed by atoms with Gasteiger partial charge in [-0.15, -0.1) is 0 Å². The second kappa shape index (κ2) is 6.65. The number of benzene rings is 1. The Hall–Kier alpha value is -1.69. The molecule has 0 aliphatic heterocycles. The van der Waals surface area contributed by atoms with E-state index in [0.29, 0.717) is 11.7 Å². The molecule has 0 saturated carbocycles. The molecule has 0 amide bonds. The molecule has 0 bridgehead atoms. The van der Waals surface area contributed by atoms with E-state index in [4.69, 9.17) is 4.74 Å². The Balaban J connectivity index is 2.39. The van der Waals surface area contributed by atoms with Crippen molar-refractivity contribution in [2.45, 2.75) is 19.8 Å². The van der Waals surface area contributed by atoms with Gasteiger partial charge in [0.2, 0.25) is 5.88 Å². The largest absolute Gasteiger partial charge is 0.435 e. The Labute approximate surface area is 125 Å². The van der Waals surface area contributed by atoms with Gasteiger partial charge in [0.1, 0.15) is 12.1 Å². The Bertz CT molecular complexity index is 607. The Morgan fingerprint density at radius 2 is 2.15 bits per heavy atom. The highest BCUT2D eigenvalue weighted by Crippen LogP contribution is 2.31. The molecule has 0 aliphatic carbocycles. The van der Waals surface area contributed by atoms with E-state index in [2.05, 4.69) is 38.1 Å². The van der Waals surface area contributed by atoms with Gasteiger partial charge in [0.15, 0.2) is 11.6 Å². The van der Waals surface area contributed by atoms with Gasteiger partial charge in [-0.2, -0.15) is 0 Å². The SMILES string of the molecule is CCCc1c(NC)ncnc1Oc1cc(Br)ccc1F. The molecule has 0 unspecified atom stereocenters. The van der Waals surface area contributed by atoms with E-state index in [9.17, 15) is 4.39 Å². The molecule has 1 aromatic heterocycles. The van der Waals surface area contributed by atoms with Crippen LogP contribution in [0.3, 0.4) is 0 Å². The molecule has 6 heteroatoms. The first kappa shape index (κ1) is 14.7. The van der Waals surface area contributed by atoms with Crippen LogP contribution in [0.1, 0.15) is 18.9 Å². The predicted molar refractivity (Wildman–Crippen MR) is 79.7 cm³/mol. The van der Waals surface area contributed by atoms with Gasteiger partial charge in [-0.05, 0) is 24.6 Å². The van der Waals surface area contributed by atoms with Gasteiger partial charge in [0.25, 0.3) is 0 Å². The zero-order valence-electron chi connectivity index (χ0n) is 11.3. The topological polar surface area (TPSA) is 47.0 Å². The Morgan fingerprint density at radius 1 is 1.35 bits per heavy atom. The van der Waals surface area contributed by atoms with Crippen LogP contribution in [0.15, 0.2) is 29.0 Å². The lowest BCUT2D eigenvalue weighted by Gasteiger charge is -2.13. The van der Waals surface area contributed by atoms with Crippen molar-refractivity contribution in [3.05, 3.63) is 40.4 Å². The van der Waals surface area contributed by atoms with Gasteiger partial charge in [-0.25, -0.2) is 14.4 Å². The highest BCUT2D eigenvalue weighted by molar-refractivity contribution is 9.10. The molecule has 0 atom stereocenters. The van der Waals surface area contributed by atoms with Gasteiger partial charge in [0.05, 0.1) is 5.56 Å². The third kappa shape index (κ3) is 3.25. The lowest BCUT2D eigenvalue weighted by atomic mass is 10.1. The van der Waals surface area contributed by atoms with E-state index in [0.717, 1.165) is 22.9 Å². The molecule has 0 spiro atoms. The zero-order valence-corrected chi connectivity index (χ0v) is 12.9. The third-order valence-electron chi connectivity index (χ3n) is 2.74. The molecule has 2 aromatic rings. The minimum atomic E-state index is -0.430. The first-order valence-electron chi connectivity index (χ1n) is 6.30. The van der Waals surface area contributed by atoms with Crippen LogP contribution in [0.5, 0.6) is 11.6 Å². The number of hydrogen-bond donors (Lipinski definition) is 1. The van der Waals surface area contributed by atoms with Crippen LogP contribution in [-0.2, 0) is 6.42 Å². The first-order valence-corrected chi connectivity index (χ1v) is 7.09. The number of halogens is 2. The van der Waals surface area contributed by atoms with E-state index in [1.807, 2.05) is 0 Å². The lowest BCUT2D eigenvalue weighted by Crippen LogP contribution is -2.03. The monoisotopic (exact) mass is 339 g/mol. The van der Waals surface area contributed by atoms with Gasteiger partial charge in [0, 0.05) is 11.5 Å². The van der Waals surface area contributed by atoms with Crippen molar-refractivity contribution >= 4 is 21.7 Å². The molecule has 0 fully saturated rings. The molecule has 0 aliphatic rings. The predicted octanol–water partition coefficient (Wildman–Crippen LogP) is 4.16. The van der Waals surface area contributed by atoms with E-state index in [1.54, 1.807) is 19.2 Å². The fourth-order valence-electron chi connectivity index (χ4n) is 1.83. The summed E-state index contributed by atoms with van der Waals surface area (Å²) in [5.41, 5.74) is 0.844. The molecule has 2 rings (SSSR count). The molecule has 4 nitrogen and oxygen atoms in total. The van der Waals surface area contributed by atoms with Crippen molar-refractivity contribution in [3.63, 3.8) is 0 Å². The summed E-state index contributed by atoms with van der Waals surface area (Å²) in [6.07, 6.45) is 3.07. The average molecular weight is 340 g/mol. The van der Waals surface area contributed by atoms with Crippen LogP contribution in [0.25, 0.3) is 0 Å². The average Bonchev–Trinajstić information content (AvgIpc) is 2.45. The summed E-state index contributed by atoms with van der Waals surface area (Å²) in [4.78, 5) is 8.27. The highest BCUT2D eigenvalue weighted by atomic mass is 79.9. The zero-order chi connectivity index (χ0) is 14.5. The molecule has 106 valence electrons. The minimum absolute atomic E-state index is 0.137. The summed E-state index contributed by atoms with van der Waals surface area (Å²) in [6.45, 7) is 2.05. The number of aromatic nitrogens is 2. The van der Waals surface area contributed by atoms with Crippen LogP contribution >= 0.6 is 15.9 Å². The second-order valence-electron chi connectivity index (χ2n) is 4.18. The number of rotatable bonds is 5. The van der Waals surface area contributed by atoms with E-state index in [-0.39, 0.29) is 5.75 Å². The summed E-state index contributed by atoms with van der Waals surface area (Å²) in [5, 5.41) is 3.00. The van der Waals surface area contributed by atoms with Crippen molar-refractivity contribution in [3.8, 4) is 11.6 Å². The van der Waals surface area contributed by atoms with Crippen LogP contribution in [0.2, 0.25) is 0 Å². The maximum atomic E-state index is 13.8. The van der Waals surface area contributed by atoms with E-state index >= 15 is 0 Å². The summed E-state index contributed by atoms with van der Waals surface area (Å²) >= 11 is 3.30. The van der Waals surface area contributed by atoms with Crippen LogP contribution in [0.4, 0.5) is 10.2 Å². The minimum Gasteiger partial charge on any atom is -0.435 e. The van der Waals surface area contributed by atoms with Crippen LogP contribution in [0, 0.1) is 5.82 Å². The molecular formula is C14H15BrFN3O. The Kier molecular flexibility index (Phi) is 4.89. The van der Waals surface area contributed by atoms with Gasteiger partial charge < -0.3 is 10.1 Å². The highest BCUT2D eigenvalue weighted by Gasteiger charge is 2.14. The smallest absolute Gasteiger partial charge is 0.227 e. The summed E-state index contributed by atoms with van der Waals surface area (Å²) in [6, 6.07) is 4.54. The number of nitrogens with zero attached hydrogens (tertiary/aromatic N) is 2. The summed E-state index contributed by atoms with van der Waals surface area (Å²) in [7, 11) is 1.78. The van der Waals surface area contributed by atoms with Crippen molar-refractivity contribution < 1.29 is 9.13 Å². The molecule has 1 aromatic carbocycles. The maximum absolute atomic E-state index is 13.8. The number of ether oxygens (including phenoxy) is 1. The molecule has 0 radical (unpaired) electrons. The first-order chi connectivity index (χ1) is 9.65. The molecule has 1 N–H and O–H groups in total. The van der Waals surface area contributed by atoms with Gasteiger partial charge in [-0.1, -0.05) is 29.3 Å². The molecule has 1 heterocycles. The number of anilines is 1. The molecule has 20 heavy (non-hydrogen) atoms. The van der Waals surface area contributed by atoms with Crippen LogP contribution in [-0.4, -0.2) is 17.0 Å². The Morgan fingerprint density at radius 3 is 2.85 bits per heavy atom. The summed E-state index contributed by atoms with van der Waals surface area (Å²) < 4.78 is 20.1. The van der Waals surface area contributed by atoms with Crippen LogP contribution < -0.4 is 10.1 Å². The number of hydrogen-bond acceptors (Lipinski definition) is 4. The number of nitrogens with one attached hydrogen (secondary N) is 1. The van der Waals surface area contributed by atoms with Crippen molar-refractivity contribution in [1.82, 2.24) is 9.97 Å². The van der Waals surface area contributed by atoms with Gasteiger partial charge in [-0.3, -0.25) is 0 Å². The third-order valence-corrected chi connectivity index (χ3v) is 3.24. The fraction of sp³-hybridized carbons (Fsp3) is 0.286. The standard InChI is InChI=1S/C14H15BrFN3O/c1-3-4-10-13(17-2)18-8-19-14(10)20-12-7-9(15)5-6-11(12)16/h5-8H,3-4H2,1-2H3,(H,17,18,19). The van der Waals surface area contributed by atoms with E-state index < -0.39 is 5.82 Å². The van der Waals surface area contributed by atoms with Crippen molar-refractivity contribution in [2.75, 3.05) is 12.4 Å². The lowest BCUT2D eigenvalue weighted by molar-refractivity contribution is 0.421. The molecule has 0 saturated heterocycles.